The Morgan fingerprint density at radius 3 is 2.52 bits per heavy atom. The highest BCUT2D eigenvalue weighted by atomic mass is 35.5. The van der Waals surface area contributed by atoms with E-state index in [1.54, 1.807) is 0 Å². The monoisotopic (exact) mass is 337 g/mol. The van der Waals surface area contributed by atoms with Gasteiger partial charge in [0.2, 0.25) is 0 Å². The number of pyridine rings is 1. The minimum Gasteiger partial charge on any atom is -0.406 e. The van der Waals surface area contributed by atoms with E-state index in [2.05, 4.69) is 9.72 Å². The summed E-state index contributed by atoms with van der Waals surface area (Å²) in [5.41, 5.74) is 0.249. The zero-order chi connectivity index (χ0) is 15.6. The molecule has 2 rings (SSSR count). The van der Waals surface area contributed by atoms with Crippen LogP contribution in [-0.4, -0.2) is 16.5 Å². The first kappa shape index (κ1) is 15.9. The van der Waals surface area contributed by atoms with Crippen molar-refractivity contribution in [3.63, 3.8) is 0 Å². The fourth-order valence-electron chi connectivity index (χ4n) is 1.67. The van der Waals surface area contributed by atoms with Crippen LogP contribution in [0.1, 0.15) is 17.4 Å². The number of aliphatic hydroxyl groups excluding tert-OH is 1. The standard InChI is InChI=1S/C13H8Cl2F3NO2/c14-8-5-10(15)11(19-6-8)12(20)7-2-1-3-9(4-7)21-13(16,17)18/h1-6,12,20H. The summed E-state index contributed by atoms with van der Waals surface area (Å²) in [6.07, 6.45) is -4.83. The summed E-state index contributed by atoms with van der Waals surface area (Å²) in [4.78, 5) is 3.88. The number of rotatable bonds is 3. The van der Waals surface area contributed by atoms with Crippen molar-refractivity contribution in [1.82, 2.24) is 4.98 Å². The van der Waals surface area contributed by atoms with Crippen LogP contribution >= 0.6 is 23.2 Å². The largest absolute Gasteiger partial charge is 0.573 e. The van der Waals surface area contributed by atoms with Crippen molar-refractivity contribution in [2.24, 2.45) is 0 Å². The first-order valence-corrected chi connectivity index (χ1v) is 6.36. The van der Waals surface area contributed by atoms with Crippen LogP contribution in [0.5, 0.6) is 5.75 Å². The summed E-state index contributed by atoms with van der Waals surface area (Å²) in [5, 5.41) is 10.6. The first-order valence-electron chi connectivity index (χ1n) is 5.61. The van der Waals surface area contributed by atoms with Crippen LogP contribution < -0.4 is 4.74 Å². The SMILES string of the molecule is OC(c1cccc(OC(F)(F)F)c1)c1ncc(Cl)cc1Cl. The molecular weight excluding hydrogens is 330 g/mol. The molecule has 0 spiro atoms. The molecule has 1 unspecified atom stereocenters. The first-order chi connectivity index (χ1) is 9.76. The summed E-state index contributed by atoms with van der Waals surface area (Å²) >= 11 is 11.6. The Balaban J connectivity index is 2.31. The summed E-state index contributed by atoms with van der Waals surface area (Å²) in [6, 6.07) is 6.32. The van der Waals surface area contributed by atoms with Crippen molar-refractivity contribution in [3.8, 4) is 5.75 Å². The number of benzene rings is 1. The number of aliphatic hydroxyl groups is 1. The average molecular weight is 338 g/mol. The maximum absolute atomic E-state index is 12.2. The van der Waals surface area contributed by atoms with Gasteiger partial charge in [0, 0.05) is 6.20 Å². The maximum Gasteiger partial charge on any atom is 0.573 e. The van der Waals surface area contributed by atoms with Gasteiger partial charge in [0.15, 0.2) is 0 Å². The average Bonchev–Trinajstić information content (AvgIpc) is 2.36. The summed E-state index contributed by atoms with van der Waals surface area (Å²) in [7, 11) is 0. The molecule has 8 heteroatoms. The van der Waals surface area contributed by atoms with Crippen molar-refractivity contribution >= 4 is 23.2 Å². The van der Waals surface area contributed by atoms with E-state index in [4.69, 9.17) is 23.2 Å². The van der Waals surface area contributed by atoms with Gasteiger partial charge < -0.3 is 9.84 Å². The predicted octanol–water partition coefficient (Wildman–Crippen LogP) is 4.37. The second kappa shape index (κ2) is 6.09. The minimum atomic E-state index is -4.81. The Hall–Kier alpha value is -1.50. The van der Waals surface area contributed by atoms with E-state index in [-0.39, 0.29) is 21.3 Å². The molecule has 21 heavy (non-hydrogen) atoms. The Morgan fingerprint density at radius 2 is 1.90 bits per heavy atom. The van der Waals surface area contributed by atoms with E-state index in [9.17, 15) is 18.3 Å². The molecule has 0 radical (unpaired) electrons. The molecule has 3 nitrogen and oxygen atoms in total. The van der Waals surface area contributed by atoms with Gasteiger partial charge in [-0.1, -0.05) is 35.3 Å². The van der Waals surface area contributed by atoms with E-state index in [1.807, 2.05) is 0 Å². The van der Waals surface area contributed by atoms with E-state index in [0.29, 0.717) is 0 Å². The predicted molar refractivity (Wildman–Crippen MR) is 71.4 cm³/mol. The van der Waals surface area contributed by atoms with Crippen molar-refractivity contribution in [1.29, 1.82) is 0 Å². The molecule has 0 aliphatic heterocycles. The van der Waals surface area contributed by atoms with Gasteiger partial charge in [0.25, 0.3) is 0 Å². The highest BCUT2D eigenvalue weighted by Gasteiger charge is 2.31. The van der Waals surface area contributed by atoms with Gasteiger partial charge in [-0.05, 0) is 23.8 Å². The molecule has 0 amide bonds. The highest BCUT2D eigenvalue weighted by molar-refractivity contribution is 6.34. The van der Waals surface area contributed by atoms with Gasteiger partial charge in [-0.3, -0.25) is 4.98 Å². The molecule has 0 bridgehead atoms. The smallest absolute Gasteiger partial charge is 0.406 e. The van der Waals surface area contributed by atoms with Gasteiger partial charge in [-0.15, -0.1) is 13.2 Å². The Kier molecular flexibility index (Phi) is 4.61. The van der Waals surface area contributed by atoms with Crippen LogP contribution in [0.4, 0.5) is 13.2 Å². The minimum absolute atomic E-state index is 0.0882. The topological polar surface area (TPSA) is 42.4 Å². The zero-order valence-electron chi connectivity index (χ0n) is 10.2. The summed E-state index contributed by atoms with van der Waals surface area (Å²) in [6.45, 7) is 0. The van der Waals surface area contributed by atoms with Gasteiger partial charge >= 0.3 is 6.36 Å². The molecule has 112 valence electrons. The number of nitrogens with zero attached hydrogens (tertiary/aromatic N) is 1. The lowest BCUT2D eigenvalue weighted by Crippen LogP contribution is -2.17. The number of halogens is 5. The Morgan fingerprint density at radius 1 is 1.19 bits per heavy atom. The normalized spacial score (nSPS) is 13.0. The molecule has 1 aromatic carbocycles. The van der Waals surface area contributed by atoms with Crippen LogP contribution in [0.15, 0.2) is 36.5 Å². The number of hydrogen-bond acceptors (Lipinski definition) is 3. The van der Waals surface area contributed by atoms with Crippen molar-refractivity contribution in [2.45, 2.75) is 12.5 Å². The van der Waals surface area contributed by atoms with Crippen LogP contribution in [0.3, 0.4) is 0 Å². The van der Waals surface area contributed by atoms with Crippen LogP contribution in [0.25, 0.3) is 0 Å². The van der Waals surface area contributed by atoms with E-state index in [1.165, 1.54) is 24.4 Å². The van der Waals surface area contributed by atoms with Gasteiger partial charge in [-0.2, -0.15) is 0 Å². The molecule has 1 atom stereocenters. The second-order valence-electron chi connectivity index (χ2n) is 4.04. The molecule has 0 aliphatic rings. The lowest BCUT2D eigenvalue weighted by atomic mass is 10.1. The van der Waals surface area contributed by atoms with Crippen LogP contribution in [0.2, 0.25) is 10.0 Å². The molecule has 0 fully saturated rings. The third-order valence-electron chi connectivity index (χ3n) is 2.50. The lowest BCUT2D eigenvalue weighted by molar-refractivity contribution is -0.274. The van der Waals surface area contributed by atoms with Gasteiger partial charge in [0.1, 0.15) is 11.9 Å². The molecule has 1 aromatic heterocycles. The van der Waals surface area contributed by atoms with Crippen molar-refractivity contribution in [2.75, 3.05) is 0 Å². The molecular formula is C13H8Cl2F3NO2. The molecule has 1 heterocycles. The maximum atomic E-state index is 12.2. The quantitative estimate of drug-likeness (QED) is 0.904. The number of alkyl halides is 3. The fourth-order valence-corrected chi connectivity index (χ4v) is 2.15. The van der Waals surface area contributed by atoms with E-state index >= 15 is 0 Å². The fraction of sp³-hybridized carbons (Fsp3) is 0.154. The van der Waals surface area contributed by atoms with Crippen LogP contribution in [-0.2, 0) is 0 Å². The van der Waals surface area contributed by atoms with Gasteiger partial charge in [0.05, 0.1) is 15.7 Å². The van der Waals surface area contributed by atoms with Crippen molar-refractivity contribution < 1.29 is 23.0 Å². The molecule has 0 saturated carbocycles. The van der Waals surface area contributed by atoms with E-state index < -0.39 is 18.2 Å². The lowest BCUT2D eigenvalue weighted by Gasteiger charge is -2.14. The summed E-state index contributed by atoms with van der Waals surface area (Å²) in [5.74, 6) is -0.441. The number of hydrogen-bond donors (Lipinski definition) is 1. The second-order valence-corrected chi connectivity index (χ2v) is 4.89. The zero-order valence-corrected chi connectivity index (χ0v) is 11.7. The Labute approximate surface area is 127 Å². The molecule has 1 N–H and O–H groups in total. The number of aromatic nitrogens is 1. The van der Waals surface area contributed by atoms with Gasteiger partial charge in [-0.25, -0.2) is 0 Å². The highest BCUT2D eigenvalue weighted by Crippen LogP contribution is 2.31. The third kappa shape index (κ3) is 4.23. The van der Waals surface area contributed by atoms with Crippen LogP contribution in [0, 0.1) is 0 Å². The van der Waals surface area contributed by atoms with E-state index in [0.717, 1.165) is 12.1 Å². The third-order valence-corrected chi connectivity index (χ3v) is 3.01. The summed E-state index contributed by atoms with van der Waals surface area (Å²) < 4.78 is 40.3. The Bertz CT molecular complexity index is 650. The van der Waals surface area contributed by atoms with Crippen molar-refractivity contribution in [3.05, 3.63) is 57.8 Å². The molecule has 0 aliphatic carbocycles. The molecule has 2 aromatic rings. The molecule has 0 saturated heterocycles. The number of ether oxygens (including phenoxy) is 1.